The summed E-state index contributed by atoms with van der Waals surface area (Å²) in [6.07, 6.45) is 1.03. The number of fused-ring (bicyclic) bond motifs is 1. The molecule has 3 nitrogen and oxygen atoms in total. The van der Waals surface area contributed by atoms with Crippen LogP contribution in [-0.2, 0) is 0 Å². The van der Waals surface area contributed by atoms with Crippen LogP contribution in [0.15, 0.2) is 36.4 Å². The molecule has 3 heteroatoms. The molecule has 0 fully saturated rings. The van der Waals surface area contributed by atoms with Crippen molar-refractivity contribution >= 4 is 10.8 Å². The van der Waals surface area contributed by atoms with Crippen LogP contribution < -0.4 is 10.1 Å². The molecular weight excluding hydrogens is 238 g/mol. The van der Waals surface area contributed by atoms with E-state index >= 15 is 0 Å². The lowest BCUT2D eigenvalue weighted by molar-refractivity contribution is 0.242. The summed E-state index contributed by atoms with van der Waals surface area (Å²) in [6, 6.07) is 12.1. The van der Waals surface area contributed by atoms with Gasteiger partial charge in [0.1, 0.15) is 5.75 Å². The number of hydrogen-bond donors (Lipinski definition) is 2. The third kappa shape index (κ3) is 2.88. The van der Waals surface area contributed by atoms with Crippen molar-refractivity contribution in [1.29, 1.82) is 0 Å². The summed E-state index contributed by atoms with van der Waals surface area (Å²) in [5, 5.41) is 15.3. The van der Waals surface area contributed by atoms with Gasteiger partial charge in [-0.2, -0.15) is 0 Å². The third-order valence-electron chi connectivity index (χ3n) is 3.32. The molecule has 1 atom stereocenters. The van der Waals surface area contributed by atoms with Crippen molar-refractivity contribution < 1.29 is 9.84 Å². The minimum absolute atomic E-state index is 0.0599. The van der Waals surface area contributed by atoms with E-state index in [4.69, 9.17) is 4.74 Å². The summed E-state index contributed by atoms with van der Waals surface area (Å²) in [4.78, 5) is 0. The molecule has 0 heterocycles. The molecule has 0 radical (unpaired) electrons. The number of rotatable bonds is 6. The molecule has 19 heavy (non-hydrogen) atoms. The van der Waals surface area contributed by atoms with E-state index in [9.17, 15) is 5.11 Å². The van der Waals surface area contributed by atoms with Gasteiger partial charge in [0.2, 0.25) is 0 Å². The highest BCUT2D eigenvalue weighted by molar-refractivity contribution is 5.88. The lowest BCUT2D eigenvalue weighted by Gasteiger charge is -2.21. The predicted octanol–water partition coefficient (Wildman–Crippen LogP) is 2.88. The molecule has 2 rings (SSSR count). The first-order valence-electron chi connectivity index (χ1n) is 6.71. The van der Waals surface area contributed by atoms with Crippen LogP contribution in [0, 0.1) is 0 Å². The van der Waals surface area contributed by atoms with Crippen LogP contribution in [0.2, 0.25) is 0 Å². The van der Waals surface area contributed by atoms with Crippen molar-refractivity contribution in [3.63, 3.8) is 0 Å². The van der Waals surface area contributed by atoms with Crippen LogP contribution in [0.4, 0.5) is 0 Å². The molecule has 0 aliphatic heterocycles. The Kier molecular flexibility index (Phi) is 4.77. The zero-order valence-corrected chi connectivity index (χ0v) is 11.5. The average Bonchev–Trinajstić information content (AvgIpc) is 2.47. The Morgan fingerprint density at radius 1 is 1.21 bits per heavy atom. The second-order valence-corrected chi connectivity index (χ2v) is 4.59. The number of aliphatic hydroxyl groups excluding tert-OH is 1. The van der Waals surface area contributed by atoms with Crippen LogP contribution in [0.25, 0.3) is 10.8 Å². The molecule has 0 aliphatic rings. The first-order chi connectivity index (χ1) is 9.31. The van der Waals surface area contributed by atoms with E-state index in [1.54, 1.807) is 7.11 Å². The molecule has 1 unspecified atom stereocenters. The van der Waals surface area contributed by atoms with Gasteiger partial charge in [0.15, 0.2) is 0 Å². The zero-order chi connectivity index (χ0) is 13.7. The van der Waals surface area contributed by atoms with Gasteiger partial charge < -0.3 is 15.2 Å². The number of aliphatic hydroxyl groups is 1. The van der Waals surface area contributed by atoms with Gasteiger partial charge in [0.25, 0.3) is 0 Å². The number of methoxy groups -OCH3 is 1. The molecule has 102 valence electrons. The number of benzene rings is 2. The Bertz CT molecular complexity index is 539. The van der Waals surface area contributed by atoms with Gasteiger partial charge in [-0.15, -0.1) is 0 Å². The van der Waals surface area contributed by atoms with Gasteiger partial charge in [0.05, 0.1) is 19.8 Å². The fraction of sp³-hybridized carbons (Fsp3) is 0.375. The summed E-state index contributed by atoms with van der Waals surface area (Å²) in [7, 11) is 1.67. The van der Waals surface area contributed by atoms with Crippen LogP contribution in [0.1, 0.15) is 24.9 Å². The van der Waals surface area contributed by atoms with Gasteiger partial charge in [-0.05, 0) is 29.8 Å². The predicted molar refractivity (Wildman–Crippen MR) is 78.6 cm³/mol. The monoisotopic (exact) mass is 259 g/mol. The second-order valence-electron chi connectivity index (χ2n) is 4.59. The summed E-state index contributed by atoms with van der Waals surface area (Å²) >= 11 is 0. The minimum atomic E-state index is -0.0963. The van der Waals surface area contributed by atoms with E-state index in [1.165, 1.54) is 0 Å². The van der Waals surface area contributed by atoms with Gasteiger partial charge >= 0.3 is 0 Å². The van der Waals surface area contributed by atoms with Gasteiger partial charge in [-0.3, -0.25) is 0 Å². The maximum absolute atomic E-state index is 9.67. The average molecular weight is 259 g/mol. The lowest BCUT2D eigenvalue weighted by atomic mass is 9.97. The maximum atomic E-state index is 9.67. The summed E-state index contributed by atoms with van der Waals surface area (Å²) < 4.78 is 5.47. The van der Waals surface area contributed by atoms with Crippen molar-refractivity contribution in [2.45, 2.75) is 19.4 Å². The number of ether oxygens (including phenoxy) is 1. The standard InChI is InChI=1S/C16H21NO2/c1-3-10-17-14(11-18)16-13-7-5-4-6-12(13)8-9-15(16)19-2/h4-9,14,17-18H,3,10-11H2,1-2H3. The Morgan fingerprint density at radius 3 is 2.68 bits per heavy atom. The molecule has 0 aliphatic carbocycles. The fourth-order valence-electron chi connectivity index (χ4n) is 2.39. The summed E-state index contributed by atoms with van der Waals surface area (Å²) in [5.41, 5.74) is 1.04. The largest absolute Gasteiger partial charge is 0.496 e. The van der Waals surface area contributed by atoms with E-state index in [-0.39, 0.29) is 12.6 Å². The van der Waals surface area contributed by atoms with Gasteiger partial charge in [-0.25, -0.2) is 0 Å². The third-order valence-corrected chi connectivity index (χ3v) is 3.32. The van der Waals surface area contributed by atoms with Crippen LogP contribution in [-0.4, -0.2) is 25.4 Å². The quantitative estimate of drug-likeness (QED) is 0.838. The zero-order valence-electron chi connectivity index (χ0n) is 11.5. The van der Waals surface area contributed by atoms with E-state index in [0.29, 0.717) is 0 Å². The van der Waals surface area contributed by atoms with Gasteiger partial charge in [0, 0.05) is 5.56 Å². The Labute approximate surface area is 114 Å². The van der Waals surface area contributed by atoms with Crippen LogP contribution in [0.3, 0.4) is 0 Å². The highest BCUT2D eigenvalue weighted by Crippen LogP contribution is 2.32. The van der Waals surface area contributed by atoms with E-state index < -0.39 is 0 Å². The topological polar surface area (TPSA) is 41.5 Å². The number of hydrogen-bond acceptors (Lipinski definition) is 3. The van der Waals surface area contributed by atoms with Crippen LogP contribution >= 0.6 is 0 Å². The molecule has 0 saturated heterocycles. The van der Waals surface area contributed by atoms with Crippen molar-refractivity contribution in [3.8, 4) is 5.75 Å². The molecule has 0 spiro atoms. The van der Waals surface area contributed by atoms with Crippen molar-refractivity contribution in [2.75, 3.05) is 20.3 Å². The van der Waals surface area contributed by atoms with Gasteiger partial charge in [-0.1, -0.05) is 37.3 Å². The maximum Gasteiger partial charge on any atom is 0.124 e. The van der Waals surface area contributed by atoms with Crippen molar-refractivity contribution in [2.24, 2.45) is 0 Å². The molecule has 2 N–H and O–H groups in total. The molecule has 2 aromatic carbocycles. The molecular formula is C16H21NO2. The molecule has 0 aromatic heterocycles. The Balaban J connectivity index is 2.53. The second kappa shape index (κ2) is 6.55. The fourth-order valence-corrected chi connectivity index (χ4v) is 2.39. The molecule has 0 amide bonds. The molecule has 0 bridgehead atoms. The van der Waals surface area contributed by atoms with E-state index in [1.807, 2.05) is 24.3 Å². The Morgan fingerprint density at radius 2 is 2.00 bits per heavy atom. The van der Waals surface area contributed by atoms with Crippen LogP contribution in [0.5, 0.6) is 5.75 Å². The first-order valence-corrected chi connectivity index (χ1v) is 6.71. The van der Waals surface area contributed by atoms with E-state index in [0.717, 1.165) is 35.1 Å². The minimum Gasteiger partial charge on any atom is -0.496 e. The van der Waals surface area contributed by atoms with Crippen molar-refractivity contribution in [1.82, 2.24) is 5.32 Å². The molecule has 2 aromatic rings. The smallest absolute Gasteiger partial charge is 0.124 e. The summed E-state index contributed by atoms with van der Waals surface area (Å²) in [5.74, 6) is 0.821. The molecule has 0 saturated carbocycles. The first kappa shape index (κ1) is 13.8. The summed E-state index contributed by atoms with van der Waals surface area (Å²) in [6.45, 7) is 3.05. The highest BCUT2D eigenvalue weighted by atomic mass is 16.5. The Hall–Kier alpha value is -1.58. The van der Waals surface area contributed by atoms with E-state index in [2.05, 4.69) is 24.4 Å². The lowest BCUT2D eigenvalue weighted by Crippen LogP contribution is -2.25. The number of nitrogens with one attached hydrogen (secondary N) is 1. The highest BCUT2D eigenvalue weighted by Gasteiger charge is 2.17. The van der Waals surface area contributed by atoms with Crippen molar-refractivity contribution in [3.05, 3.63) is 42.0 Å². The SMILES string of the molecule is CCCNC(CO)c1c(OC)ccc2ccccc12. The normalized spacial score (nSPS) is 12.6.